The van der Waals surface area contributed by atoms with Crippen LogP contribution < -0.4 is 10.1 Å². The minimum Gasteiger partial charge on any atom is -0.490 e. The van der Waals surface area contributed by atoms with Crippen LogP contribution in [0.1, 0.15) is 38.5 Å². The molecule has 1 saturated carbocycles. The molecule has 0 radical (unpaired) electrons. The second kappa shape index (κ2) is 8.22. The molecule has 0 unspecified atom stereocenters. The first-order valence-electron chi connectivity index (χ1n) is 9.19. The number of amides is 1. The second-order valence-electron chi connectivity index (χ2n) is 6.91. The topological polar surface area (TPSA) is 75.7 Å². The van der Waals surface area contributed by atoms with Gasteiger partial charge in [-0.25, -0.2) is 8.42 Å². The molecule has 2 fully saturated rings. The van der Waals surface area contributed by atoms with Gasteiger partial charge in [-0.15, -0.1) is 0 Å². The molecule has 0 spiro atoms. The number of sulfonamides is 1. The van der Waals surface area contributed by atoms with Crippen LogP contribution in [0.2, 0.25) is 0 Å². The van der Waals surface area contributed by atoms with Crippen molar-refractivity contribution in [1.29, 1.82) is 0 Å². The number of ether oxygens (including phenoxy) is 1. The molecule has 1 atom stereocenters. The van der Waals surface area contributed by atoms with Gasteiger partial charge in [-0.3, -0.25) is 4.79 Å². The highest BCUT2D eigenvalue weighted by molar-refractivity contribution is 7.89. The van der Waals surface area contributed by atoms with Crippen LogP contribution in [0, 0.1) is 0 Å². The highest BCUT2D eigenvalue weighted by Gasteiger charge is 2.30. The van der Waals surface area contributed by atoms with Gasteiger partial charge in [0.25, 0.3) is 0 Å². The third-order valence-corrected chi connectivity index (χ3v) is 6.86. The van der Waals surface area contributed by atoms with Crippen molar-refractivity contribution in [2.24, 2.45) is 0 Å². The minimum absolute atomic E-state index is 0.186. The summed E-state index contributed by atoms with van der Waals surface area (Å²) >= 11 is 0. The third kappa shape index (κ3) is 4.45. The van der Waals surface area contributed by atoms with Crippen molar-refractivity contribution in [3.05, 3.63) is 36.9 Å². The van der Waals surface area contributed by atoms with Crippen LogP contribution in [0.3, 0.4) is 0 Å². The van der Waals surface area contributed by atoms with Gasteiger partial charge in [-0.05, 0) is 68.9 Å². The lowest BCUT2D eigenvalue weighted by Crippen LogP contribution is -2.49. The van der Waals surface area contributed by atoms with Crippen LogP contribution >= 0.6 is 0 Å². The summed E-state index contributed by atoms with van der Waals surface area (Å²) in [5.41, 5.74) is 0. The Morgan fingerprint density at radius 1 is 1.15 bits per heavy atom. The van der Waals surface area contributed by atoms with E-state index in [1.807, 2.05) is 0 Å². The van der Waals surface area contributed by atoms with Gasteiger partial charge in [0.1, 0.15) is 5.75 Å². The molecular weight excluding hydrogens is 352 g/mol. The van der Waals surface area contributed by atoms with Gasteiger partial charge in [0.15, 0.2) is 0 Å². The molecule has 1 heterocycles. The Kier molecular flexibility index (Phi) is 5.98. The second-order valence-corrected chi connectivity index (χ2v) is 8.85. The summed E-state index contributed by atoms with van der Waals surface area (Å²) in [4.78, 5) is 11.7. The zero-order valence-corrected chi connectivity index (χ0v) is 15.7. The Morgan fingerprint density at radius 3 is 2.50 bits per heavy atom. The van der Waals surface area contributed by atoms with E-state index in [-0.39, 0.29) is 29.5 Å². The van der Waals surface area contributed by atoms with Crippen LogP contribution in [0.5, 0.6) is 5.75 Å². The van der Waals surface area contributed by atoms with E-state index in [0.717, 1.165) is 19.3 Å². The largest absolute Gasteiger partial charge is 0.490 e. The summed E-state index contributed by atoms with van der Waals surface area (Å²) in [6, 6.07) is 6.48. The van der Waals surface area contributed by atoms with Gasteiger partial charge in [-0.1, -0.05) is 6.58 Å². The molecular formula is C19H26N2O4S. The summed E-state index contributed by atoms with van der Waals surface area (Å²) in [5.74, 6) is 0.438. The molecule has 1 N–H and O–H groups in total. The van der Waals surface area contributed by atoms with Gasteiger partial charge in [0.2, 0.25) is 15.9 Å². The average Bonchev–Trinajstić information content (AvgIpc) is 3.15. The maximum Gasteiger partial charge on any atom is 0.243 e. The van der Waals surface area contributed by atoms with E-state index < -0.39 is 10.0 Å². The van der Waals surface area contributed by atoms with Gasteiger partial charge in [0.05, 0.1) is 11.0 Å². The van der Waals surface area contributed by atoms with Crippen molar-refractivity contribution in [3.63, 3.8) is 0 Å². The van der Waals surface area contributed by atoms with Crippen molar-refractivity contribution in [2.45, 2.75) is 55.6 Å². The maximum absolute atomic E-state index is 12.9. The number of carbonyl (C=O) groups is 1. The molecule has 6 nitrogen and oxygen atoms in total. The van der Waals surface area contributed by atoms with E-state index in [1.165, 1.54) is 23.2 Å². The lowest BCUT2D eigenvalue weighted by Gasteiger charge is -2.32. The summed E-state index contributed by atoms with van der Waals surface area (Å²) in [6.07, 6.45) is 7.43. The fourth-order valence-electron chi connectivity index (χ4n) is 3.58. The molecule has 1 saturated heterocycles. The van der Waals surface area contributed by atoms with Gasteiger partial charge >= 0.3 is 0 Å². The number of rotatable bonds is 6. The Bertz CT molecular complexity index is 739. The highest BCUT2D eigenvalue weighted by atomic mass is 32.2. The number of hydrogen-bond donors (Lipinski definition) is 1. The van der Waals surface area contributed by atoms with Crippen molar-refractivity contribution in [2.75, 3.05) is 13.1 Å². The number of carbonyl (C=O) groups excluding carboxylic acids is 1. The van der Waals surface area contributed by atoms with Crippen LogP contribution in [-0.2, 0) is 14.8 Å². The zero-order chi connectivity index (χ0) is 18.6. The zero-order valence-electron chi connectivity index (χ0n) is 14.9. The standard InChI is InChI=1S/C19H26N2O4S/c1-2-19(22)20-15-6-5-13-21(14-15)26(23,24)18-11-9-17(10-12-18)25-16-7-3-4-8-16/h2,9-12,15-16H,1,3-8,13-14H2,(H,20,22)/t15-/m0/s1. The molecule has 1 aromatic carbocycles. The number of nitrogens with zero attached hydrogens (tertiary/aromatic N) is 1. The Labute approximate surface area is 155 Å². The summed E-state index contributed by atoms with van der Waals surface area (Å²) in [5, 5.41) is 2.79. The maximum atomic E-state index is 12.9. The summed E-state index contributed by atoms with van der Waals surface area (Å²) in [6.45, 7) is 4.17. The van der Waals surface area contributed by atoms with Crippen LogP contribution in [0.4, 0.5) is 0 Å². The van der Waals surface area contributed by atoms with Gasteiger partial charge < -0.3 is 10.1 Å². The predicted molar refractivity (Wildman–Crippen MR) is 99.4 cm³/mol. The first kappa shape index (κ1) is 18.9. The van der Waals surface area contributed by atoms with Crippen molar-refractivity contribution in [1.82, 2.24) is 9.62 Å². The fourth-order valence-corrected chi connectivity index (χ4v) is 5.10. The Morgan fingerprint density at radius 2 is 1.85 bits per heavy atom. The number of piperidine rings is 1. The first-order valence-corrected chi connectivity index (χ1v) is 10.6. The van der Waals surface area contributed by atoms with Crippen LogP contribution in [0.25, 0.3) is 0 Å². The molecule has 3 rings (SSSR count). The van der Waals surface area contributed by atoms with E-state index in [0.29, 0.717) is 18.7 Å². The van der Waals surface area contributed by atoms with Crippen molar-refractivity contribution >= 4 is 15.9 Å². The monoisotopic (exact) mass is 378 g/mol. The molecule has 0 aromatic heterocycles. The van der Waals surface area contributed by atoms with Crippen molar-refractivity contribution in [3.8, 4) is 5.75 Å². The summed E-state index contributed by atoms with van der Waals surface area (Å²) in [7, 11) is -3.58. The highest BCUT2D eigenvalue weighted by Crippen LogP contribution is 2.26. The molecule has 0 bridgehead atoms. The smallest absolute Gasteiger partial charge is 0.243 e. The average molecular weight is 378 g/mol. The van der Waals surface area contributed by atoms with Crippen LogP contribution in [-0.4, -0.2) is 43.9 Å². The quantitative estimate of drug-likeness (QED) is 0.772. The van der Waals surface area contributed by atoms with E-state index >= 15 is 0 Å². The third-order valence-electron chi connectivity index (χ3n) is 4.98. The SMILES string of the molecule is C=CC(=O)N[C@H]1CCCN(S(=O)(=O)c2ccc(OC3CCCC3)cc2)C1. The molecule has 1 aliphatic heterocycles. The van der Waals surface area contributed by atoms with E-state index in [9.17, 15) is 13.2 Å². The normalized spacial score (nSPS) is 22.1. The fraction of sp³-hybridized carbons (Fsp3) is 0.526. The van der Waals surface area contributed by atoms with E-state index in [2.05, 4.69) is 11.9 Å². The van der Waals surface area contributed by atoms with Gasteiger partial charge in [0, 0.05) is 19.1 Å². The molecule has 1 aromatic rings. The Balaban J connectivity index is 1.66. The van der Waals surface area contributed by atoms with Gasteiger partial charge in [-0.2, -0.15) is 4.31 Å². The molecule has 142 valence electrons. The molecule has 2 aliphatic rings. The number of nitrogens with one attached hydrogen (secondary N) is 1. The minimum atomic E-state index is -3.58. The van der Waals surface area contributed by atoms with E-state index in [4.69, 9.17) is 4.74 Å². The lowest BCUT2D eigenvalue weighted by molar-refractivity contribution is -0.117. The molecule has 7 heteroatoms. The number of hydrogen-bond acceptors (Lipinski definition) is 4. The van der Waals surface area contributed by atoms with Crippen molar-refractivity contribution < 1.29 is 17.9 Å². The first-order chi connectivity index (χ1) is 12.5. The molecule has 26 heavy (non-hydrogen) atoms. The lowest BCUT2D eigenvalue weighted by atomic mass is 10.1. The molecule has 1 amide bonds. The number of benzene rings is 1. The predicted octanol–water partition coefficient (Wildman–Crippen LogP) is 2.46. The van der Waals surface area contributed by atoms with E-state index in [1.54, 1.807) is 24.3 Å². The van der Waals surface area contributed by atoms with Crippen LogP contribution in [0.15, 0.2) is 41.8 Å². The summed E-state index contributed by atoms with van der Waals surface area (Å²) < 4.78 is 33.1. The molecule has 1 aliphatic carbocycles. The Hall–Kier alpha value is -1.86.